The van der Waals surface area contributed by atoms with Gasteiger partial charge in [0.05, 0.1) is 11.0 Å². The number of hydrogen-bond acceptors (Lipinski definition) is 3. The number of hydrogen-bond donors (Lipinski definition) is 0. The van der Waals surface area contributed by atoms with Crippen molar-refractivity contribution < 1.29 is 0 Å². The fraction of sp³-hybridized carbons (Fsp3) is 0. The molecule has 7 rings (SSSR count). The number of benzene rings is 5. The summed E-state index contributed by atoms with van der Waals surface area (Å²) in [5.41, 5.74) is 4.07. The molecule has 0 aliphatic heterocycles. The third kappa shape index (κ3) is 3.19. The van der Waals surface area contributed by atoms with E-state index in [1.807, 2.05) is 60.7 Å². The molecule has 0 radical (unpaired) electrons. The van der Waals surface area contributed by atoms with Crippen molar-refractivity contribution in [2.45, 2.75) is 0 Å². The van der Waals surface area contributed by atoms with Crippen LogP contribution in [0.5, 0.6) is 0 Å². The molecular formula is C31H20N4. The number of para-hydroxylation sites is 1. The van der Waals surface area contributed by atoms with Crippen molar-refractivity contribution in [3.63, 3.8) is 0 Å². The number of nitrogens with zero attached hydrogens (tertiary/aromatic N) is 4. The molecule has 5 aromatic carbocycles. The molecule has 0 N–H and O–H groups in total. The minimum absolute atomic E-state index is 0.610. The lowest BCUT2D eigenvalue weighted by Crippen LogP contribution is -2.06. The largest absolute Gasteiger partial charge is 0.278 e. The molecule has 4 heteroatoms. The van der Waals surface area contributed by atoms with E-state index < -0.39 is 0 Å². The highest BCUT2D eigenvalue weighted by Crippen LogP contribution is 2.36. The zero-order chi connectivity index (χ0) is 23.2. The predicted octanol–water partition coefficient (Wildman–Crippen LogP) is 7.46. The van der Waals surface area contributed by atoms with Crippen molar-refractivity contribution in [1.82, 2.24) is 19.5 Å². The zero-order valence-corrected chi connectivity index (χ0v) is 18.8. The van der Waals surface area contributed by atoms with Crippen molar-refractivity contribution in [1.29, 1.82) is 0 Å². The Hall–Kier alpha value is -4.83. The van der Waals surface area contributed by atoms with Gasteiger partial charge in [-0.3, -0.25) is 4.57 Å². The Morgan fingerprint density at radius 3 is 1.69 bits per heavy atom. The summed E-state index contributed by atoms with van der Waals surface area (Å²) in [6.07, 6.45) is 0. The lowest BCUT2D eigenvalue weighted by molar-refractivity contribution is 0.953. The summed E-state index contributed by atoms with van der Waals surface area (Å²) in [7, 11) is 0. The summed E-state index contributed by atoms with van der Waals surface area (Å²) in [5.74, 6) is 1.92. The Balaban J connectivity index is 1.60. The monoisotopic (exact) mass is 448 g/mol. The fourth-order valence-corrected chi connectivity index (χ4v) is 4.85. The summed E-state index contributed by atoms with van der Waals surface area (Å²) >= 11 is 0. The average molecular weight is 449 g/mol. The molecule has 0 bridgehead atoms. The van der Waals surface area contributed by atoms with Gasteiger partial charge in [0.25, 0.3) is 0 Å². The van der Waals surface area contributed by atoms with Crippen molar-refractivity contribution in [3.05, 3.63) is 121 Å². The van der Waals surface area contributed by atoms with Crippen LogP contribution in [0.3, 0.4) is 0 Å². The minimum Gasteiger partial charge on any atom is -0.278 e. The van der Waals surface area contributed by atoms with Crippen LogP contribution in [0.25, 0.3) is 61.3 Å². The number of aromatic nitrogens is 4. The molecule has 164 valence electrons. The molecule has 7 aromatic rings. The van der Waals surface area contributed by atoms with E-state index in [1.165, 1.54) is 21.5 Å². The molecule has 4 nitrogen and oxygen atoms in total. The van der Waals surface area contributed by atoms with Crippen LogP contribution in [0.1, 0.15) is 0 Å². The number of rotatable bonds is 3. The second-order valence-electron chi connectivity index (χ2n) is 8.55. The molecule has 0 amide bonds. The molecular weight excluding hydrogens is 428 g/mol. The van der Waals surface area contributed by atoms with E-state index in [1.54, 1.807) is 0 Å². The van der Waals surface area contributed by atoms with Gasteiger partial charge in [0, 0.05) is 21.9 Å². The fourth-order valence-electron chi connectivity index (χ4n) is 4.85. The van der Waals surface area contributed by atoms with Gasteiger partial charge in [-0.05, 0) is 22.9 Å². The van der Waals surface area contributed by atoms with Crippen molar-refractivity contribution in [2.75, 3.05) is 0 Å². The van der Waals surface area contributed by atoms with Crippen LogP contribution in [0.4, 0.5) is 0 Å². The van der Waals surface area contributed by atoms with Crippen LogP contribution in [-0.4, -0.2) is 19.5 Å². The maximum atomic E-state index is 4.99. The van der Waals surface area contributed by atoms with E-state index in [9.17, 15) is 0 Å². The van der Waals surface area contributed by atoms with Crippen molar-refractivity contribution in [3.8, 4) is 28.7 Å². The summed E-state index contributed by atoms with van der Waals surface area (Å²) in [5, 5.41) is 4.83. The Kier molecular flexibility index (Phi) is 4.42. The van der Waals surface area contributed by atoms with Gasteiger partial charge in [-0.15, -0.1) is 0 Å². The van der Waals surface area contributed by atoms with Gasteiger partial charge >= 0.3 is 0 Å². The first-order chi connectivity index (χ1) is 17.4. The summed E-state index contributed by atoms with van der Waals surface area (Å²) in [4.78, 5) is 14.8. The van der Waals surface area contributed by atoms with Crippen LogP contribution < -0.4 is 0 Å². The molecule has 2 aromatic heterocycles. The average Bonchev–Trinajstić information content (AvgIpc) is 3.29. The molecule has 2 heterocycles. The molecule has 0 aliphatic carbocycles. The Bertz CT molecular complexity index is 1780. The maximum Gasteiger partial charge on any atom is 0.238 e. The van der Waals surface area contributed by atoms with Gasteiger partial charge in [-0.1, -0.05) is 109 Å². The molecule has 0 aliphatic rings. The van der Waals surface area contributed by atoms with E-state index >= 15 is 0 Å². The highest BCUT2D eigenvalue weighted by molar-refractivity contribution is 6.21. The first-order valence-electron chi connectivity index (χ1n) is 11.6. The molecule has 0 saturated heterocycles. The third-order valence-corrected chi connectivity index (χ3v) is 6.45. The van der Waals surface area contributed by atoms with E-state index in [0.717, 1.165) is 22.2 Å². The van der Waals surface area contributed by atoms with Crippen LogP contribution in [0.2, 0.25) is 0 Å². The van der Waals surface area contributed by atoms with Crippen LogP contribution in [0.15, 0.2) is 121 Å². The second-order valence-corrected chi connectivity index (χ2v) is 8.55. The normalized spacial score (nSPS) is 11.4. The lowest BCUT2D eigenvalue weighted by Gasteiger charge is -2.11. The Morgan fingerprint density at radius 2 is 1.00 bits per heavy atom. The predicted molar refractivity (Wildman–Crippen MR) is 143 cm³/mol. The Labute approximate surface area is 202 Å². The van der Waals surface area contributed by atoms with Gasteiger partial charge in [-0.2, -0.15) is 9.97 Å². The van der Waals surface area contributed by atoms with E-state index in [4.69, 9.17) is 15.0 Å². The minimum atomic E-state index is 0.610. The SMILES string of the molecule is c1ccc(-c2nc(-c3ccccc3)nc(-n3c4ccccc4c4c5ccccc5ccc43)n2)cc1. The highest BCUT2D eigenvalue weighted by atomic mass is 15.2. The van der Waals surface area contributed by atoms with Gasteiger partial charge in [0.15, 0.2) is 11.6 Å². The molecule has 35 heavy (non-hydrogen) atoms. The van der Waals surface area contributed by atoms with Crippen LogP contribution >= 0.6 is 0 Å². The topological polar surface area (TPSA) is 43.6 Å². The molecule has 0 unspecified atom stereocenters. The van der Waals surface area contributed by atoms with Gasteiger partial charge in [0.2, 0.25) is 5.95 Å². The van der Waals surface area contributed by atoms with Crippen LogP contribution in [0, 0.1) is 0 Å². The second kappa shape index (κ2) is 7.89. The van der Waals surface area contributed by atoms with E-state index in [-0.39, 0.29) is 0 Å². The molecule has 0 atom stereocenters. The van der Waals surface area contributed by atoms with Crippen molar-refractivity contribution in [2.24, 2.45) is 0 Å². The van der Waals surface area contributed by atoms with E-state index in [0.29, 0.717) is 17.6 Å². The first kappa shape index (κ1) is 19.6. The van der Waals surface area contributed by atoms with Crippen LogP contribution in [-0.2, 0) is 0 Å². The van der Waals surface area contributed by atoms with Gasteiger partial charge < -0.3 is 0 Å². The molecule has 0 fully saturated rings. The summed E-state index contributed by atoms with van der Waals surface area (Å²) < 4.78 is 2.16. The van der Waals surface area contributed by atoms with Gasteiger partial charge in [0.1, 0.15) is 0 Å². The smallest absolute Gasteiger partial charge is 0.238 e. The summed E-state index contributed by atoms with van der Waals surface area (Å²) in [6, 6.07) is 41.5. The lowest BCUT2D eigenvalue weighted by atomic mass is 10.0. The van der Waals surface area contributed by atoms with Gasteiger partial charge in [-0.25, -0.2) is 4.98 Å². The van der Waals surface area contributed by atoms with E-state index in [2.05, 4.69) is 65.2 Å². The quantitative estimate of drug-likeness (QED) is 0.282. The first-order valence-corrected chi connectivity index (χ1v) is 11.6. The summed E-state index contributed by atoms with van der Waals surface area (Å²) in [6.45, 7) is 0. The molecule has 0 spiro atoms. The molecule has 0 saturated carbocycles. The highest BCUT2D eigenvalue weighted by Gasteiger charge is 2.18. The maximum absolute atomic E-state index is 4.99. The van der Waals surface area contributed by atoms with Crippen molar-refractivity contribution >= 4 is 32.6 Å². The third-order valence-electron chi connectivity index (χ3n) is 6.45. The standard InChI is InChI=1S/C31H20N4/c1-3-12-22(13-4-1)29-32-30(23-14-5-2-6-15-23)34-31(33-29)35-26-18-10-9-17-25(26)28-24-16-8-7-11-21(24)19-20-27(28)35/h1-20H. The number of fused-ring (bicyclic) bond motifs is 5. The Morgan fingerprint density at radius 1 is 0.429 bits per heavy atom. The zero-order valence-electron chi connectivity index (χ0n) is 18.8.